The number of fused-ring (bicyclic) bond motifs is 1. The molecule has 1 atom stereocenters. The van der Waals surface area contributed by atoms with E-state index in [4.69, 9.17) is 19.7 Å². The molecule has 148 valence electrons. The highest BCUT2D eigenvalue weighted by Crippen LogP contribution is 2.38. The third-order valence-electron chi connectivity index (χ3n) is 4.31. The molecule has 0 radical (unpaired) electrons. The number of halogens is 1. The molecule has 8 heteroatoms. The van der Waals surface area contributed by atoms with Gasteiger partial charge in [-0.15, -0.1) is 12.4 Å². The van der Waals surface area contributed by atoms with E-state index in [9.17, 15) is 0 Å². The van der Waals surface area contributed by atoms with Gasteiger partial charge in [0.15, 0.2) is 5.82 Å². The molecular weight excluding hydrogens is 368 g/mol. The quantitative estimate of drug-likeness (QED) is 0.657. The number of nitrogens with two attached hydrogens (primary N) is 1. The van der Waals surface area contributed by atoms with Crippen molar-refractivity contribution >= 4 is 23.3 Å². The molecule has 0 aliphatic carbocycles. The smallest absolute Gasteiger partial charge is 0.274 e. The Balaban J connectivity index is 0.00000261. The molecule has 3 aromatic rings. The van der Waals surface area contributed by atoms with E-state index in [1.54, 1.807) is 14.0 Å². The zero-order valence-corrected chi connectivity index (χ0v) is 17.2. The Morgan fingerprint density at radius 2 is 1.96 bits per heavy atom. The van der Waals surface area contributed by atoms with Crippen LogP contribution in [0.5, 0.6) is 11.5 Å². The molecule has 7 nitrogen and oxygen atoms in total. The molecule has 0 bridgehead atoms. The lowest BCUT2D eigenvalue weighted by molar-refractivity contribution is 0.273. The zero-order valence-electron chi connectivity index (χ0n) is 16.4. The van der Waals surface area contributed by atoms with Gasteiger partial charge in [0.2, 0.25) is 0 Å². The number of rotatable bonds is 7. The lowest BCUT2D eigenvalue weighted by Gasteiger charge is -2.16. The molecule has 2 heterocycles. The van der Waals surface area contributed by atoms with Gasteiger partial charge in [-0.25, -0.2) is 0 Å². The van der Waals surface area contributed by atoms with Crippen molar-refractivity contribution in [2.75, 3.05) is 13.7 Å². The van der Waals surface area contributed by atoms with E-state index in [1.807, 2.05) is 29.8 Å². The van der Waals surface area contributed by atoms with Crippen LogP contribution in [0.2, 0.25) is 0 Å². The maximum atomic E-state index is 6.16. The van der Waals surface area contributed by atoms with Gasteiger partial charge >= 0.3 is 0 Å². The Kier molecular flexibility index (Phi) is 6.73. The molecule has 0 amide bonds. The number of benzene rings is 1. The van der Waals surface area contributed by atoms with Crippen LogP contribution >= 0.6 is 12.4 Å². The maximum absolute atomic E-state index is 6.16. The summed E-state index contributed by atoms with van der Waals surface area (Å²) in [6, 6.07) is 5.78. The summed E-state index contributed by atoms with van der Waals surface area (Å²) < 4.78 is 18.9. The first-order valence-corrected chi connectivity index (χ1v) is 8.76. The van der Waals surface area contributed by atoms with Crippen LogP contribution in [0.25, 0.3) is 22.5 Å². The van der Waals surface area contributed by atoms with E-state index >= 15 is 0 Å². The first kappa shape index (κ1) is 21.1. The minimum Gasteiger partial charge on any atom is -0.495 e. The van der Waals surface area contributed by atoms with Gasteiger partial charge in [-0.2, -0.15) is 4.98 Å². The van der Waals surface area contributed by atoms with Crippen molar-refractivity contribution < 1.29 is 14.0 Å². The number of nitrogens with zero attached hydrogens (tertiary/aromatic N) is 3. The molecule has 0 saturated heterocycles. The molecule has 2 N–H and O–H groups in total. The van der Waals surface area contributed by atoms with E-state index in [0.717, 1.165) is 34.5 Å². The van der Waals surface area contributed by atoms with Gasteiger partial charge in [-0.3, -0.25) is 0 Å². The van der Waals surface area contributed by atoms with Crippen LogP contribution in [0.15, 0.2) is 22.7 Å². The monoisotopic (exact) mass is 394 g/mol. The van der Waals surface area contributed by atoms with Crippen LogP contribution in [-0.2, 0) is 7.05 Å². The van der Waals surface area contributed by atoms with E-state index < -0.39 is 0 Å². The minimum absolute atomic E-state index is 0. The lowest BCUT2D eigenvalue weighted by Crippen LogP contribution is -2.29. The van der Waals surface area contributed by atoms with Crippen molar-refractivity contribution in [3.63, 3.8) is 0 Å². The molecule has 27 heavy (non-hydrogen) atoms. The summed E-state index contributed by atoms with van der Waals surface area (Å²) in [4.78, 5) is 4.33. The highest BCUT2D eigenvalue weighted by Gasteiger charge is 2.19. The molecule has 0 spiro atoms. The number of aromatic nitrogens is 3. The van der Waals surface area contributed by atoms with Crippen molar-refractivity contribution in [2.24, 2.45) is 18.7 Å². The molecule has 0 aliphatic rings. The van der Waals surface area contributed by atoms with Gasteiger partial charge in [0.25, 0.3) is 5.89 Å². The van der Waals surface area contributed by atoms with Gasteiger partial charge in [-0.1, -0.05) is 19.0 Å². The highest BCUT2D eigenvalue weighted by molar-refractivity contribution is 5.95. The van der Waals surface area contributed by atoms with E-state index in [2.05, 4.69) is 24.0 Å². The maximum Gasteiger partial charge on any atom is 0.274 e. The fraction of sp³-hybridized carbons (Fsp3) is 0.474. The number of hydrogen-bond acceptors (Lipinski definition) is 6. The Morgan fingerprint density at radius 1 is 1.26 bits per heavy atom. The average molecular weight is 395 g/mol. The summed E-state index contributed by atoms with van der Waals surface area (Å²) in [5, 5.41) is 4.80. The van der Waals surface area contributed by atoms with Crippen LogP contribution in [0.3, 0.4) is 0 Å². The molecule has 0 saturated carbocycles. The SMILES string of the molecule is COc1ccc(OC[C@@H](N)CC(C)C)c2cc(-c3nc(C)no3)n(C)c12.Cl. The first-order chi connectivity index (χ1) is 12.4. The van der Waals surface area contributed by atoms with Crippen molar-refractivity contribution in [3.8, 4) is 23.1 Å². The molecule has 0 aliphatic heterocycles. The third kappa shape index (κ3) is 4.36. The Morgan fingerprint density at radius 3 is 2.56 bits per heavy atom. The van der Waals surface area contributed by atoms with Crippen molar-refractivity contribution in [1.29, 1.82) is 0 Å². The van der Waals surface area contributed by atoms with Gasteiger partial charge in [0, 0.05) is 18.5 Å². The van der Waals surface area contributed by atoms with E-state index in [-0.39, 0.29) is 18.4 Å². The van der Waals surface area contributed by atoms with Crippen molar-refractivity contribution in [2.45, 2.75) is 33.2 Å². The number of ether oxygens (including phenoxy) is 2. The lowest BCUT2D eigenvalue weighted by atomic mass is 10.1. The van der Waals surface area contributed by atoms with Gasteiger partial charge in [0.1, 0.15) is 23.8 Å². The predicted molar refractivity (Wildman–Crippen MR) is 108 cm³/mol. The zero-order chi connectivity index (χ0) is 18.8. The Hall–Kier alpha value is -2.25. The summed E-state index contributed by atoms with van der Waals surface area (Å²) in [6.07, 6.45) is 0.917. The fourth-order valence-electron chi connectivity index (χ4n) is 3.18. The van der Waals surface area contributed by atoms with Crippen LogP contribution in [0.1, 0.15) is 26.1 Å². The third-order valence-corrected chi connectivity index (χ3v) is 4.31. The standard InChI is InChI=1S/C19H26N4O3.ClH/c1-11(2)8-13(20)10-25-16-6-7-17(24-5)18-14(16)9-15(23(18)4)19-21-12(3)22-26-19;/h6-7,9,11,13H,8,10,20H2,1-5H3;1H/t13-;/m0./s1. The van der Waals surface area contributed by atoms with Crippen LogP contribution in [0.4, 0.5) is 0 Å². The number of methoxy groups -OCH3 is 1. The summed E-state index contributed by atoms with van der Waals surface area (Å²) >= 11 is 0. The second-order valence-electron chi connectivity index (χ2n) is 6.96. The van der Waals surface area contributed by atoms with Gasteiger partial charge in [-0.05, 0) is 37.5 Å². The molecule has 1 aromatic carbocycles. The van der Waals surface area contributed by atoms with Crippen LogP contribution < -0.4 is 15.2 Å². The van der Waals surface area contributed by atoms with Crippen LogP contribution in [0, 0.1) is 12.8 Å². The average Bonchev–Trinajstić information content (AvgIpc) is 3.16. The van der Waals surface area contributed by atoms with Gasteiger partial charge < -0.3 is 24.3 Å². The Labute approximate surface area is 165 Å². The van der Waals surface area contributed by atoms with Crippen molar-refractivity contribution in [1.82, 2.24) is 14.7 Å². The molecule has 3 rings (SSSR count). The number of aryl methyl sites for hydroxylation is 2. The predicted octanol–water partition coefficient (Wildman–Crippen LogP) is 3.72. The summed E-state index contributed by atoms with van der Waals surface area (Å²) in [5.41, 5.74) is 7.88. The van der Waals surface area contributed by atoms with E-state index in [1.165, 1.54) is 0 Å². The fourth-order valence-corrected chi connectivity index (χ4v) is 3.18. The molecular formula is C19H27ClN4O3. The largest absolute Gasteiger partial charge is 0.495 e. The Bertz CT molecular complexity index is 904. The molecule has 0 fully saturated rings. The minimum atomic E-state index is -0.00563. The summed E-state index contributed by atoms with van der Waals surface area (Å²) in [5.74, 6) is 3.11. The topological polar surface area (TPSA) is 88.3 Å². The summed E-state index contributed by atoms with van der Waals surface area (Å²) in [6.45, 7) is 6.56. The van der Waals surface area contributed by atoms with Crippen molar-refractivity contribution in [3.05, 3.63) is 24.0 Å². The number of hydrogen-bond donors (Lipinski definition) is 1. The van der Waals surface area contributed by atoms with Gasteiger partial charge in [0.05, 0.1) is 12.6 Å². The highest BCUT2D eigenvalue weighted by atomic mass is 35.5. The second-order valence-corrected chi connectivity index (χ2v) is 6.96. The molecule has 2 aromatic heterocycles. The normalized spacial score (nSPS) is 12.3. The summed E-state index contributed by atoms with van der Waals surface area (Å²) in [7, 11) is 3.59. The van der Waals surface area contributed by atoms with E-state index in [0.29, 0.717) is 24.2 Å². The van der Waals surface area contributed by atoms with Crippen LogP contribution in [-0.4, -0.2) is 34.5 Å². The second kappa shape index (κ2) is 8.63. The molecule has 0 unspecified atom stereocenters. The first-order valence-electron chi connectivity index (χ1n) is 8.76.